The van der Waals surface area contributed by atoms with Gasteiger partial charge in [-0.1, -0.05) is 42.5 Å². The number of anilines is 1. The summed E-state index contributed by atoms with van der Waals surface area (Å²) in [5.74, 6) is 0.347. The fourth-order valence-electron chi connectivity index (χ4n) is 4.45. The van der Waals surface area contributed by atoms with Crippen LogP contribution in [0.2, 0.25) is 0 Å². The first-order chi connectivity index (χ1) is 17.6. The molecule has 184 valence electrons. The van der Waals surface area contributed by atoms with Gasteiger partial charge in [-0.2, -0.15) is 5.10 Å². The lowest BCUT2D eigenvalue weighted by molar-refractivity contribution is -0.136. The molecule has 5 rings (SSSR count). The fraction of sp³-hybridized carbons (Fsp3) is 0.296. The van der Waals surface area contributed by atoms with Gasteiger partial charge >= 0.3 is 5.97 Å². The number of hydrazone groups is 1. The van der Waals surface area contributed by atoms with Gasteiger partial charge in [0.05, 0.1) is 18.9 Å². The second-order valence-corrected chi connectivity index (χ2v) is 8.69. The van der Waals surface area contributed by atoms with Crippen molar-refractivity contribution in [3.8, 4) is 5.75 Å². The molecule has 1 saturated heterocycles. The molecule has 1 unspecified atom stereocenters. The highest BCUT2D eigenvalue weighted by molar-refractivity contribution is 6.03. The van der Waals surface area contributed by atoms with E-state index in [9.17, 15) is 9.59 Å². The molecule has 0 radical (unpaired) electrons. The number of benzene rings is 2. The molecule has 0 bridgehead atoms. The smallest absolute Gasteiger partial charge is 0.359 e. The van der Waals surface area contributed by atoms with E-state index in [0.29, 0.717) is 6.42 Å². The summed E-state index contributed by atoms with van der Waals surface area (Å²) < 4.78 is 10.6. The Morgan fingerprint density at radius 2 is 1.69 bits per heavy atom. The summed E-state index contributed by atoms with van der Waals surface area (Å²) in [6.45, 7) is 1.42. The van der Waals surface area contributed by atoms with Gasteiger partial charge in [-0.15, -0.1) is 10.2 Å². The van der Waals surface area contributed by atoms with Crippen LogP contribution in [0, 0.1) is 0 Å². The maximum absolute atomic E-state index is 13.2. The van der Waals surface area contributed by atoms with E-state index in [2.05, 4.69) is 20.2 Å². The topological polar surface area (TPSA) is 97.2 Å². The molecular weight excluding hydrogens is 458 g/mol. The zero-order chi connectivity index (χ0) is 24.9. The average Bonchev–Trinajstić information content (AvgIpc) is 3.63. The van der Waals surface area contributed by atoms with Crippen LogP contribution in [-0.2, 0) is 9.53 Å². The summed E-state index contributed by atoms with van der Waals surface area (Å²) in [6.07, 6.45) is 2.78. The summed E-state index contributed by atoms with van der Waals surface area (Å²) >= 11 is 0. The first kappa shape index (κ1) is 23.5. The van der Waals surface area contributed by atoms with Crippen LogP contribution in [0.4, 0.5) is 5.82 Å². The number of amides is 1. The Morgan fingerprint density at radius 3 is 2.36 bits per heavy atom. The van der Waals surface area contributed by atoms with E-state index in [4.69, 9.17) is 9.47 Å². The Hall–Kier alpha value is -4.27. The molecule has 2 aliphatic rings. The highest BCUT2D eigenvalue weighted by atomic mass is 16.5. The molecule has 1 amide bonds. The first-order valence-electron chi connectivity index (χ1n) is 12.0. The molecule has 2 aromatic carbocycles. The van der Waals surface area contributed by atoms with Gasteiger partial charge in [0.1, 0.15) is 5.75 Å². The van der Waals surface area contributed by atoms with Crippen LogP contribution in [-0.4, -0.2) is 59.6 Å². The van der Waals surface area contributed by atoms with E-state index in [-0.39, 0.29) is 11.7 Å². The highest BCUT2D eigenvalue weighted by Crippen LogP contribution is 2.33. The number of hydrogen-bond donors (Lipinski definition) is 0. The molecule has 3 aromatic rings. The van der Waals surface area contributed by atoms with Gasteiger partial charge < -0.3 is 14.4 Å². The third-order valence-electron chi connectivity index (χ3n) is 6.39. The summed E-state index contributed by atoms with van der Waals surface area (Å²) in [4.78, 5) is 27.8. The normalized spacial score (nSPS) is 17.1. The van der Waals surface area contributed by atoms with Gasteiger partial charge in [0.15, 0.2) is 18.1 Å². The summed E-state index contributed by atoms with van der Waals surface area (Å²) in [6, 6.07) is 20.3. The van der Waals surface area contributed by atoms with Gasteiger partial charge in [0.2, 0.25) is 0 Å². The Balaban J connectivity index is 1.29. The van der Waals surface area contributed by atoms with Gasteiger partial charge in [0, 0.05) is 19.5 Å². The summed E-state index contributed by atoms with van der Waals surface area (Å²) in [5, 5.41) is 14.2. The van der Waals surface area contributed by atoms with Crippen LogP contribution in [0.1, 0.15) is 46.9 Å². The minimum absolute atomic E-state index is 0.0624. The minimum atomic E-state index is -0.698. The van der Waals surface area contributed by atoms with Gasteiger partial charge in [0.25, 0.3) is 5.91 Å². The number of carbonyl (C=O) groups is 2. The maximum atomic E-state index is 13.2. The third-order valence-corrected chi connectivity index (χ3v) is 6.39. The molecule has 1 aromatic heterocycles. The van der Waals surface area contributed by atoms with Crippen molar-refractivity contribution in [3.05, 3.63) is 83.6 Å². The lowest BCUT2D eigenvalue weighted by Gasteiger charge is -2.22. The van der Waals surface area contributed by atoms with Crippen LogP contribution in [0.15, 0.2) is 71.8 Å². The van der Waals surface area contributed by atoms with Gasteiger partial charge in [-0.3, -0.25) is 4.79 Å². The number of methoxy groups -OCH3 is 1. The largest absolute Gasteiger partial charge is 0.497 e. The number of nitrogens with zero attached hydrogens (tertiary/aromatic N) is 5. The first-order valence-corrected chi connectivity index (χ1v) is 12.0. The number of aromatic nitrogens is 2. The van der Waals surface area contributed by atoms with Gasteiger partial charge in [-0.05, 0) is 48.2 Å². The molecule has 36 heavy (non-hydrogen) atoms. The molecule has 1 atom stereocenters. The van der Waals surface area contributed by atoms with Crippen molar-refractivity contribution in [1.29, 1.82) is 0 Å². The average molecular weight is 486 g/mol. The zero-order valence-electron chi connectivity index (χ0n) is 20.0. The SMILES string of the molecule is COc1ccc(C2CC(c3ccccc3)=NN2C(=O)COC(=O)c2ccc(N3CCCC3)nn2)cc1. The quantitative estimate of drug-likeness (QED) is 0.472. The number of esters is 1. The molecule has 9 heteroatoms. The van der Waals surface area contributed by atoms with Crippen LogP contribution in [0.25, 0.3) is 0 Å². The fourth-order valence-corrected chi connectivity index (χ4v) is 4.45. The van der Waals surface area contributed by atoms with Crippen molar-refractivity contribution < 1.29 is 19.1 Å². The molecule has 0 saturated carbocycles. The Labute approximate surface area is 209 Å². The van der Waals surface area contributed by atoms with Crippen molar-refractivity contribution >= 4 is 23.4 Å². The number of rotatable bonds is 7. The lowest BCUT2D eigenvalue weighted by atomic mass is 9.98. The van der Waals surface area contributed by atoms with Crippen LogP contribution in [0.3, 0.4) is 0 Å². The predicted octanol–water partition coefficient (Wildman–Crippen LogP) is 3.62. The van der Waals surface area contributed by atoms with E-state index in [1.807, 2.05) is 54.6 Å². The summed E-state index contributed by atoms with van der Waals surface area (Å²) in [5.41, 5.74) is 2.71. The maximum Gasteiger partial charge on any atom is 0.359 e. The lowest BCUT2D eigenvalue weighted by Crippen LogP contribution is -2.31. The van der Waals surface area contributed by atoms with Crippen molar-refractivity contribution in [2.75, 3.05) is 31.7 Å². The van der Waals surface area contributed by atoms with E-state index in [1.165, 1.54) is 5.01 Å². The predicted molar refractivity (Wildman–Crippen MR) is 134 cm³/mol. The zero-order valence-corrected chi connectivity index (χ0v) is 20.0. The van der Waals surface area contributed by atoms with E-state index >= 15 is 0 Å². The van der Waals surface area contributed by atoms with Crippen molar-refractivity contribution in [3.63, 3.8) is 0 Å². The minimum Gasteiger partial charge on any atom is -0.497 e. The molecule has 1 fully saturated rings. The molecule has 0 aliphatic carbocycles. The monoisotopic (exact) mass is 485 g/mol. The van der Waals surface area contributed by atoms with Crippen molar-refractivity contribution in [1.82, 2.24) is 15.2 Å². The van der Waals surface area contributed by atoms with Crippen LogP contribution >= 0.6 is 0 Å². The van der Waals surface area contributed by atoms with E-state index in [0.717, 1.165) is 54.3 Å². The molecule has 9 nitrogen and oxygen atoms in total. The molecule has 3 heterocycles. The van der Waals surface area contributed by atoms with Crippen molar-refractivity contribution in [2.45, 2.75) is 25.3 Å². The highest BCUT2D eigenvalue weighted by Gasteiger charge is 2.33. The summed E-state index contributed by atoms with van der Waals surface area (Å²) in [7, 11) is 1.61. The van der Waals surface area contributed by atoms with E-state index in [1.54, 1.807) is 19.2 Å². The van der Waals surface area contributed by atoms with Gasteiger partial charge in [-0.25, -0.2) is 9.80 Å². The Bertz CT molecular complexity index is 1240. The standard InChI is InChI=1S/C27H27N5O4/c1-35-21-11-9-20(10-12-21)24-17-23(19-7-3-2-4-8-19)30-32(24)26(33)18-36-27(34)22-13-14-25(29-28-22)31-15-5-6-16-31/h2-4,7-14,24H,5-6,15-18H2,1H3. The molecule has 0 N–H and O–H groups in total. The Kier molecular flexibility index (Phi) is 6.88. The van der Waals surface area contributed by atoms with Crippen LogP contribution in [0.5, 0.6) is 5.75 Å². The molecular formula is C27H27N5O4. The second kappa shape index (κ2) is 10.6. The molecule has 0 spiro atoms. The second-order valence-electron chi connectivity index (χ2n) is 8.69. The van der Waals surface area contributed by atoms with Crippen LogP contribution < -0.4 is 9.64 Å². The third kappa shape index (κ3) is 5.05. The van der Waals surface area contributed by atoms with Crippen molar-refractivity contribution in [2.24, 2.45) is 5.10 Å². The number of hydrogen-bond acceptors (Lipinski definition) is 8. The van der Waals surface area contributed by atoms with E-state index < -0.39 is 18.5 Å². The molecule has 2 aliphatic heterocycles. The number of carbonyl (C=O) groups excluding carboxylic acids is 2. The number of ether oxygens (including phenoxy) is 2. The Morgan fingerprint density at radius 1 is 0.944 bits per heavy atom.